The summed E-state index contributed by atoms with van der Waals surface area (Å²) in [5.41, 5.74) is 0.166. The van der Waals surface area contributed by atoms with Gasteiger partial charge in [-0.1, -0.05) is 13.8 Å². The van der Waals surface area contributed by atoms with Crippen LogP contribution >= 0.6 is 0 Å². The van der Waals surface area contributed by atoms with Crippen molar-refractivity contribution in [1.82, 2.24) is 10.3 Å². The molecule has 2 unspecified atom stereocenters. The summed E-state index contributed by atoms with van der Waals surface area (Å²) in [6.07, 6.45) is 3.74. The minimum Gasteiger partial charge on any atom is -0.505 e. The monoisotopic (exact) mass is 264 g/mol. The zero-order chi connectivity index (χ0) is 14.0. The van der Waals surface area contributed by atoms with Gasteiger partial charge in [-0.2, -0.15) is 0 Å². The quantitative estimate of drug-likeness (QED) is 0.868. The molecule has 1 heterocycles. The predicted molar refractivity (Wildman–Crippen MR) is 71.0 cm³/mol. The molecule has 1 saturated carbocycles. The highest BCUT2D eigenvalue weighted by Crippen LogP contribution is 2.42. The molecule has 2 N–H and O–H groups in total. The largest absolute Gasteiger partial charge is 0.505 e. The molecule has 2 atom stereocenters. The van der Waals surface area contributed by atoms with Crippen LogP contribution < -0.4 is 5.32 Å². The Kier molecular flexibility index (Phi) is 3.75. The first-order valence-corrected chi connectivity index (χ1v) is 6.52. The van der Waals surface area contributed by atoms with Crippen LogP contribution in [0.2, 0.25) is 0 Å². The third-order valence-electron chi connectivity index (χ3n) is 3.90. The molecule has 0 aromatic carbocycles. The van der Waals surface area contributed by atoms with E-state index in [0.29, 0.717) is 6.61 Å². The summed E-state index contributed by atoms with van der Waals surface area (Å²) in [5, 5.41) is 12.5. The van der Waals surface area contributed by atoms with Crippen molar-refractivity contribution >= 4 is 5.91 Å². The van der Waals surface area contributed by atoms with Crippen molar-refractivity contribution in [2.75, 3.05) is 6.61 Å². The van der Waals surface area contributed by atoms with E-state index in [9.17, 15) is 9.90 Å². The molecule has 1 aromatic heterocycles. The summed E-state index contributed by atoms with van der Waals surface area (Å²) in [6, 6.07) is 1.57. The van der Waals surface area contributed by atoms with Crippen molar-refractivity contribution in [1.29, 1.82) is 0 Å². The summed E-state index contributed by atoms with van der Waals surface area (Å²) in [7, 11) is 0. The van der Waals surface area contributed by atoms with Crippen LogP contribution in [0.5, 0.6) is 5.75 Å². The van der Waals surface area contributed by atoms with Crippen molar-refractivity contribution in [3.05, 3.63) is 24.0 Å². The minimum atomic E-state index is -0.270. The molecule has 5 nitrogen and oxygen atoms in total. The van der Waals surface area contributed by atoms with Gasteiger partial charge in [0.15, 0.2) is 0 Å². The van der Waals surface area contributed by atoms with Crippen LogP contribution in [0.1, 0.15) is 37.6 Å². The van der Waals surface area contributed by atoms with Crippen molar-refractivity contribution < 1.29 is 14.6 Å². The number of hydrogen-bond acceptors (Lipinski definition) is 4. The minimum absolute atomic E-state index is 0.0594. The van der Waals surface area contributed by atoms with Gasteiger partial charge in [0, 0.05) is 24.3 Å². The van der Waals surface area contributed by atoms with Crippen LogP contribution in [-0.4, -0.2) is 34.8 Å². The van der Waals surface area contributed by atoms with E-state index in [4.69, 9.17) is 4.74 Å². The highest BCUT2D eigenvalue weighted by Gasteiger charge is 2.49. The molecule has 1 fully saturated rings. The molecular formula is C14H20N2O3. The normalized spacial score (nSPS) is 24.6. The Morgan fingerprint density at radius 2 is 2.37 bits per heavy atom. The fourth-order valence-electron chi connectivity index (χ4n) is 2.43. The number of nitrogens with one attached hydrogen (secondary N) is 1. The Labute approximate surface area is 113 Å². The number of ether oxygens (including phenoxy) is 1. The predicted octanol–water partition coefficient (Wildman–Crippen LogP) is 1.72. The second-order valence-corrected chi connectivity index (χ2v) is 5.42. The zero-order valence-electron chi connectivity index (χ0n) is 11.5. The fourth-order valence-corrected chi connectivity index (χ4v) is 2.43. The van der Waals surface area contributed by atoms with Gasteiger partial charge in [0.1, 0.15) is 5.75 Å². The molecule has 0 radical (unpaired) electrons. The molecule has 104 valence electrons. The molecule has 5 heteroatoms. The first-order chi connectivity index (χ1) is 8.96. The van der Waals surface area contributed by atoms with E-state index in [2.05, 4.69) is 24.1 Å². The van der Waals surface area contributed by atoms with Crippen molar-refractivity contribution in [2.24, 2.45) is 5.41 Å². The lowest BCUT2D eigenvalue weighted by atomic mass is 9.64. The van der Waals surface area contributed by atoms with Crippen LogP contribution in [0.4, 0.5) is 0 Å². The Balaban J connectivity index is 2.00. The van der Waals surface area contributed by atoms with E-state index >= 15 is 0 Å². The number of aromatic nitrogens is 1. The zero-order valence-corrected chi connectivity index (χ0v) is 11.5. The van der Waals surface area contributed by atoms with E-state index in [1.807, 2.05) is 6.92 Å². The first kappa shape index (κ1) is 13.8. The fraction of sp³-hybridized carbons (Fsp3) is 0.571. The lowest BCUT2D eigenvalue weighted by Gasteiger charge is -2.51. The number of carbonyl (C=O) groups excluding carboxylic acids is 1. The Bertz CT molecular complexity index is 474. The van der Waals surface area contributed by atoms with E-state index in [1.165, 1.54) is 18.5 Å². The number of nitrogens with zero attached hydrogens (tertiary/aromatic N) is 1. The van der Waals surface area contributed by atoms with Gasteiger partial charge < -0.3 is 15.2 Å². The van der Waals surface area contributed by atoms with Gasteiger partial charge in [0.25, 0.3) is 5.91 Å². The van der Waals surface area contributed by atoms with Gasteiger partial charge in [0.2, 0.25) is 0 Å². The van der Waals surface area contributed by atoms with Crippen LogP contribution in [0.3, 0.4) is 0 Å². The lowest BCUT2D eigenvalue weighted by Crippen LogP contribution is -2.62. The molecule has 1 amide bonds. The molecule has 1 aliphatic rings. The van der Waals surface area contributed by atoms with Gasteiger partial charge in [-0.05, 0) is 19.4 Å². The standard InChI is InChI=1S/C14H20N2O3/c1-4-19-12-7-11(14(12,2)3)16-13(18)9-5-6-15-8-10(9)17/h5-6,8,11-12,17H,4,7H2,1-3H3,(H,16,18). The summed E-state index contributed by atoms with van der Waals surface area (Å²) in [6.45, 7) is 6.80. The van der Waals surface area contributed by atoms with Crippen LogP contribution in [0, 0.1) is 5.41 Å². The number of rotatable bonds is 4. The maximum atomic E-state index is 12.1. The first-order valence-electron chi connectivity index (χ1n) is 6.52. The molecule has 19 heavy (non-hydrogen) atoms. The molecule has 1 aromatic rings. The lowest BCUT2D eigenvalue weighted by molar-refractivity contribution is -0.111. The average Bonchev–Trinajstić information content (AvgIpc) is 2.38. The highest BCUT2D eigenvalue weighted by molar-refractivity contribution is 5.96. The average molecular weight is 264 g/mol. The van der Waals surface area contributed by atoms with Gasteiger partial charge in [-0.3, -0.25) is 9.78 Å². The summed E-state index contributed by atoms with van der Waals surface area (Å²) < 4.78 is 5.62. The number of amides is 1. The van der Waals surface area contributed by atoms with E-state index in [1.54, 1.807) is 0 Å². The topological polar surface area (TPSA) is 71.5 Å². The van der Waals surface area contributed by atoms with E-state index in [-0.39, 0.29) is 34.8 Å². The summed E-state index contributed by atoms with van der Waals surface area (Å²) >= 11 is 0. The van der Waals surface area contributed by atoms with Crippen LogP contribution in [-0.2, 0) is 4.74 Å². The van der Waals surface area contributed by atoms with E-state index in [0.717, 1.165) is 6.42 Å². The third-order valence-corrected chi connectivity index (χ3v) is 3.90. The SMILES string of the molecule is CCOC1CC(NC(=O)c2ccncc2O)C1(C)C. The number of aromatic hydroxyl groups is 1. The molecule has 2 rings (SSSR count). The number of carbonyl (C=O) groups is 1. The van der Waals surface area contributed by atoms with Crippen molar-refractivity contribution in [3.63, 3.8) is 0 Å². The van der Waals surface area contributed by atoms with Crippen molar-refractivity contribution in [2.45, 2.75) is 39.3 Å². The Morgan fingerprint density at radius 3 is 2.95 bits per heavy atom. The molecular weight excluding hydrogens is 244 g/mol. The van der Waals surface area contributed by atoms with Crippen LogP contribution in [0.15, 0.2) is 18.5 Å². The molecule has 0 bridgehead atoms. The van der Waals surface area contributed by atoms with Gasteiger partial charge in [-0.25, -0.2) is 0 Å². The third kappa shape index (κ3) is 2.56. The molecule has 1 aliphatic carbocycles. The Hall–Kier alpha value is -1.62. The molecule has 0 aliphatic heterocycles. The maximum absolute atomic E-state index is 12.1. The summed E-state index contributed by atoms with van der Waals surface area (Å²) in [4.78, 5) is 15.8. The molecule has 0 saturated heterocycles. The van der Waals surface area contributed by atoms with Gasteiger partial charge >= 0.3 is 0 Å². The summed E-state index contributed by atoms with van der Waals surface area (Å²) in [5.74, 6) is -0.369. The van der Waals surface area contributed by atoms with Gasteiger partial charge in [0.05, 0.1) is 17.9 Å². The second-order valence-electron chi connectivity index (χ2n) is 5.42. The van der Waals surface area contributed by atoms with Gasteiger partial charge in [-0.15, -0.1) is 0 Å². The van der Waals surface area contributed by atoms with E-state index < -0.39 is 0 Å². The molecule has 0 spiro atoms. The number of pyridine rings is 1. The van der Waals surface area contributed by atoms with Crippen LogP contribution in [0.25, 0.3) is 0 Å². The highest BCUT2D eigenvalue weighted by atomic mass is 16.5. The smallest absolute Gasteiger partial charge is 0.255 e. The number of hydrogen-bond donors (Lipinski definition) is 2. The van der Waals surface area contributed by atoms with Crippen molar-refractivity contribution in [3.8, 4) is 5.75 Å². The maximum Gasteiger partial charge on any atom is 0.255 e. The Morgan fingerprint density at radius 1 is 1.63 bits per heavy atom. The second kappa shape index (κ2) is 5.17.